The average molecular weight is 188 g/mol. The van der Waals surface area contributed by atoms with E-state index in [1.807, 2.05) is 6.92 Å². The molecule has 0 aliphatic heterocycles. The van der Waals surface area contributed by atoms with Gasteiger partial charge in [-0.05, 0) is 5.92 Å². The van der Waals surface area contributed by atoms with Gasteiger partial charge in [-0.25, -0.2) is 4.79 Å². The summed E-state index contributed by atoms with van der Waals surface area (Å²) >= 11 is 0. The smallest absolute Gasteiger partial charge is 0.326 e. The summed E-state index contributed by atoms with van der Waals surface area (Å²) in [4.78, 5) is 21.5. The third kappa shape index (κ3) is 3.89. The van der Waals surface area contributed by atoms with E-state index in [1.165, 1.54) is 0 Å². The number of nitrogens with one attached hydrogen (secondary N) is 1. The fourth-order valence-electron chi connectivity index (χ4n) is 0.915. The molecule has 0 bridgehead atoms. The summed E-state index contributed by atoms with van der Waals surface area (Å²) in [7, 11) is 0. The summed E-state index contributed by atoms with van der Waals surface area (Å²) in [6.45, 7) is 3.46. The number of carboxylic acid groups (broad SMARTS) is 1. The highest BCUT2D eigenvalue weighted by Gasteiger charge is 2.24. The van der Waals surface area contributed by atoms with Gasteiger partial charge in [0.1, 0.15) is 6.04 Å². The van der Waals surface area contributed by atoms with E-state index in [9.17, 15) is 9.59 Å². The van der Waals surface area contributed by atoms with E-state index in [0.717, 1.165) is 0 Å². The molecular weight excluding hydrogens is 172 g/mol. The van der Waals surface area contributed by atoms with Gasteiger partial charge >= 0.3 is 5.97 Å². The lowest BCUT2D eigenvalue weighted by atomic mass is 9.99. The standard InChI is InChI=1S/C8H16N2O3/c1-3-5(2)7(8(12)13)10-6(11)4-9/h5,7H,3-4,9H2,1-2H3,(H,10,11)(H,12,13). The van der Waals surface area contributed by atoms with Crippen LogP contribution >= 0.6 is 0 Å². The maximum atomic E-state index is 10.8. The number of amides is 1. The van der Waals surface area contributed by atoms with Crippen molar-refractivity contribution in [2.75, 3.05) is 6.54 Å². The quantitative estimate of drug-likeness (QED) is 0.545. The number of hydrogen-bond donors (Lipinski definition) is 3. The van der Waals surface area contributed by atoms with E-state index in [4.69, 9.17) is 10.8 Å². The molecule has 0 aliphatic rings. The summed E-state index contributed by atoms with van der Waals surface area (Å²) < 4.78 is 0. The van der Waals surface area contributed by atoms with Crippen LogP contribution in [0.2, 0.25) is 0 Å². The summed E-state index contributed by atoms with van der Waals surface area (Å²) in [6.07, 6.45) is 0.696. The maximum absolute atomic E-state index is 10.8. The second kappa shape index (κ2) is 5.53. The van der Waals surface area contributed by atoms with Crippen molar-refractivity contribution < 1.29 is 14.7 Å². The highest BCUT2D eigenvalue weighted by atomic mass is 16.4. The van der Waals surface area contributed by atoms with Gasteiger partial charge in [0.15, 0.2) is 0 Å². The van der Waals surface area contributed by atoms with E-state index in [-0.39, 0.29) is 12.5 Å². The van der Waals surface area contributed by atoms with Crippen molar-refractivity contribution in [3.63, 3.8) is 0 Å². The number of carboxylic acids is 1. The van der Waals surface area contributed by atoms with Crippen LogP contribution in [-0.4, -0.2) is 29.6 Å². The molecule has 2 atom stereocenters. The second-order valence-corrected chi connectivity index (χ2v) is 2.97. The molecule has 76 valence electrons. The van der Waals surface area contributed by atoms with E-state index < -0.39 is 17.9 Å². The highest BCUT2D eigenvalue weighted by Crippen LogP contribution is 2.07. The molecule has 0 aromatic rings. The molecule has 0 fully saturated rings. The molecule has 2 unspecified atom stereocenters. The minimum absolute atomic E-state index is 0.0898. The van der Waals surface area contributed by atoms with Gasteiger partial charge in [0.05, 0.1) is 6.54 Å². The van der Waals surface area contributed by atoms with E-state index in [0.29, 0.717) is 6.42 Å². The average Bonchev–Trinajstić information content (AvgIpc) is 2.11. The normalized spacial score (nSPS) is 14.7. The van der Waals surface area contributed by atoms with Crippen LogP contribution in [0.15, 0.2) is 0 Å². The Hall–Kier alpha value is -1.10. The number of rotatable bonds is 5. The zero-order valence-electron chi connectivity index (χ0n) is 7.91. The van der Waals surface area contributed by atoms with Crippen LogP contribution in [-0.2, 0) is 9.59 Å². The predicted octanol–water partition coefficient (Wildman–Crippen LogP) is -0.439. The van der Waals surface area contributed by atoms with Gasteiger partial charge in [-0.2, -0.15) is 0 Å². The Morgan fingerprint density at radius 2 is 2.08 bits per heavy atom. The third-order valence-electron chi connectivity index (χ3n) is 1.98. The van der Waals surface area contributed by atoms with E-state index in [2.05, 4.69) is 5.32 Å². The minimum atomic E-state index is -1.02. The molecule has 0 saturated heterocycles. The Bertz CT molecular complexity index is 194. The number of carbonyl (C=O) groups is 2. The maximum Gasteiger partial charge on any atom is 0.326 e. The van der Waals surface area contributed by atoms with E-state index in [1.54, 1.807) is 6.92 Å². The fourth-order valence-corrected chi connectivity index (χ4v) is 0.915. The molecule has 1 amide bonds. The molecule has 0 aromatic carbocycles. The third-order valence-corrected chi connectivity index (χ3v) is 1.98. The van der Waals surface area contributed by atoms with Crippen LogP contribution in [0.3, 0.4) is 0 Å². The zero-order valence-corrected chi connectivity index (χ0v) is 7.91. The lowest BCUT2D eigenvalue weighted by Crippen LogP contribution is -2.47. The van der Waals surface area contributed by atoms with Gasteiger partial charge in [0, 0.05) is 0 Å². The van der Waals surface area contributed by atoms with Gasteiger partial charge < -0.3 is 16.2 Å². The Morgan fingerprint density at radius 3 is 2.38 bits per heavy atom. The molecule has 0 aromatic heterocycles. The SMILES string of the molecule is CCC(C)C(NC(=O)CN)C(=O)O. The molecule has 5 heteroatoms. The fraction of sp³-hybridized carbons (Fsp3) is 0.750. The molecule has 5 nitrogen and oxygen atoms in total. The van der Waals surface area contributed by atoms with Crippen molar-refractivity contribution in [1.29, 1.82) is 0 Å². The Balaban J connectivity index is 4.26. The number of aliphatic carboxylic acids is 1. The molecule has 0 spiro atoms. The summed E-state index contributed by atoms with van der Waals surface area (Å²) in [5.74, 6) is -1.54. The summed E-state index contributed by atoms with van der Waals surface area (Å²) in [5.41, 5.74) is 5.06. The first-order valence-corrected chi connectivity index (χ1v) is 4.25. The van der Waals surface area contributed by atoms with Crippen molar-refractivity contribution in [3.8, 4) is 0 Å². The van der Waals surface area contributed by atoms with E-state index >= 15 is 0 Å². The largest absolute Gasteiger partial charge is 0.480 e. The minimum Gasteiger partial charge on any atom is -0.480 e. The first-order valence-electron chi connectivity index (χ1n) is 4.25. The van der Waals surface area contributed by atoms with Gasteiger partial charge in [0.25, 0.3) is 0 Å². The summed E-state index contributed by atoms with van der Waals surface area (Å²) in [5, 5.41) is 11.1. The van der Waals surface area contributed by atoms with Crippen LogP contribution in [0, 0.1) is 5.92 Å². The molecule has 0 aliphatic carbocycles. The second-order valence-electron chi connectivity index (χ2n) is 2.97. The first kappa shape index (κ1) is 11.9. The van der Waals surface area contributed by atoms with Gasteiger partial charge in [-0.15, -0.1) is 0 Å². The van der Waals surface area contributed by atoms with Crippen LogP contribution in [0.25, 0.3) is 0 Å². The lowest BCUT2D eigenvalue weighted by Gasteiger charge is -2.19. The predicted molar refractivity (Wildman–Crippen MR) is 48.1 cm³/mol. The highest BCUT2D eigenvalue weighted by molar-refractivity contribution is 5.84. The molecule has 13 heavy (non-hydrogen) atoms. The molecule has 0 radical (unpaired) electrons. The van der Waals surface area contributed by atoms with Crippen LogP contribution in [0.4, 0.5) is 0 Å². The van der Waals surface area contributed by atoms with Gasteiger partial charge in [-0.3, -0.25) is 4.79 Å². The molecule has 0 rings (SSSR count). The Morgan fingerprint density at radius 1 is 1.54 bits per heavy atom. The molecule has 4 N–H and O–H groups in total. The molecule has 0 heterocycles. The zero-order chi connectivity index (χ0) is 10.4. The molecular formula is C8H16N2O3. The van der Waals surface area contributed by atoms with Crippen LogP contribution in [0.1, 0.15) is 20.3 Å². The van der Waals surface area contributed by atoms with Crippen molar-refractivity contribution in [2.45, 2.75) is 26.3 Å². The topological polar surface area (TPSA) is 92.4 Å². The van der Waals surface area contributed by atoms with Gasteiger partial charge in [0.2, 0.25) is 5.91 Å². The van der Waals surface area contributed by atoms with Crippen molar-refractivity contribution >= 4 is 11.9 Å². The first-order chi connectivity index (χ1) is 6.02. The monoisotopic (exact) mass is 188 g/mol. The van der Waals surface area contributed by atoms with Crippen LogP contribution in [0.5, 0.6) is 0 Å². The summed E-state index contributed by atoms with van der Waals surface area (Å²) in [6, 6.07) is -0.832. The number of nitrogens with two attached hydrogens (primary N) is 1. The van der Waals surface area contributed by atoms with Crippen molar-refractivity contribution in [3.05, 3.63) is 0 Å². The number of carbonyl (C=O) groups excluding carboxylic acids is 1. The van der Waals surface area contributed by atoms with Crippen LogP contribution < -0.4 is 11.1 Å². The van der Waals surface area contributed by atoms with Gasteiger partial charge in [-0.1, -0.05) is 20.3 Å². The Kier molecular flexibility index (Phi) is 5.06. The Labute approximate surface area is 77.3 Å². The van der Waals surface area contributed by atoms with Crippen molar-refractivity contribution in [2.24, 2.45) is 11.7 Å². The number of hydrogen-bond acceptors (Lipinski definition) is 3. The lowest BCUT2D eigenvalue weighted by molar-refractivity contribution is -0.143. The van der Waals surface area contributed by atoms with Crippen molar-refractivity contribution in [1.82, 2.24) is 5.32 Å². The molecule has 0 saturated carbocycles.